The van der Waals surface area contributed by atoms with E-state index in [9.17, 15) is 0 Å². The summed E-state index contributed by atoms with van der Waals surface area (Å²) in [7, 11) is 0. The Hall–Kier alpha value is -0.480. The van der Waals surface area contributed by atoms with Gasteiger partial charge in [0.2, 0.25) is 0 Å². The Morgan fingerprint density at radius 2 is 2.00 bits per heavy atom. The number of hydrogen-bond donors (Lipinski definition) is 1. The fourth-order valence-corrected chi connectivity index (χ4v) is 4.02. The Bertz CT molecular complexity index is 484. The zero-order valence-electron chi connectivity index (χ0n) is 10.9. The molecule has 0 aliphatic carbocycles. The maximum Gasteiger partial charge on any atom is 0.0931 e. The van der Waals surface area contributed by atoms with Crippen molar-refractivity contribution in [2.75, 3.05) is 12.3 Å². The minimum Gasteiger partial charge on any atom is -0.309 e. The number of thioether (sulfide) groups is 1. The van der Waals surface area contributed by atoms with Crippen LogP contribution in [0, 0.1) is 0 Å². The van der Waals surface area contributed by atoms with Crippen LogP contribution < -0.4 is 5.32 Å². The highest BCUT2D eigenvalue weighted by molar-refractivity contribution is 7.99. The summed E-state index contributed by atoms with van der Waals surface area (Å²) >= 11 is 9.59. The Balaban J connectivity index is 1.98. The molecule has 0 fully saturated rings. The lowest BCUT2D eigenvalue weighted by Gasteiger charge is -2.16. The van der Waals surface area contributed by atoms with Crippen LogP contribution in [0.1, 0.15) is 24.3 Å². The second kappa shape index (κ2) is 7.95. The summed E-state index contributed by atoms with van der Waals surface area (Å²) < 4.78 is 0.864. The largest absolute Gasteiger partial charge is 0.309 e. The number of thiophene rings is 1. The minimum absolute atomic E-state index is 0.377. The van der Waals surface area contributed by atoms with Gasteiger partial charge < -0.3 is 5.32 Å². The predicted octanol–water partition coefficient (Wildman–Crippen LogP) is 5.23. The number of rotatable bonds is 7. The second-order valence-electron chi connectivity index (χ2n) is 4.27. The first kappa shape index (κ1) is 14.9. The summed E-state index contributed by atoms with van der Waals surface area (Å²) in [4.78, 5) is 2.63. The van der Waals surface area contributed by atoms with Crippen LogP contribution in [-0.4, -0.2) is 12.3 Å². The van der Waals surface area contributed by atoms with Gasteiger partial charge in [0.1, 0.15) is 0 Å². The fraction of sp³-hybridized carbons (Fsp3) is 0.333. The van der Waals surface area contributed by atoms with Gasteiger partial charge in [-0.3, -0.25) is 0 Å². The number of hydrogen-bond acceptors (Lipinski definition) is 3. The van der Waals surface area contributed by atoms with Gasteiger partial charge in [0, 0.05) is 15.5 Å². The van der Waals surface area contributed by atoms with Crippen molar-refractivity contribution >= 4 is 34.7 Å². The van der Waals surface area contributed by atoms with Crippen molar-refractivity contribution in [1.29, 1.82) is 0 Å². The van der Waals surface area contributed by atoms with Gasteiger partial charge in [-0.2, -0.15) is 0 Å². The van der Waals surface area contributed by atoms with Crippen LogP contribution in [0.5, 0.6) is 0 Å². The van der Waals surface area contributed by atoms with Gasteiger partial charge in [-0.25, -0.2) is 0 Å². The zero-order valence-corrected chi connectivity index (χ0v) is 13.3. The van der Waals surface area contributed by atoms with Gasteiger partial charge in [-0.05, 0) is 37.2 Å². The van der Waals surface area contributed by atoms with Crippen LogP contribution in [-0.2, 0) is 0 Å². The maximum atomic E-state index is 6.04. The molecular weight excluding hydrogens is 294 g/mol. The lowest BCUT2D eigenvalue weighted by Crippen LogP contribution is -2.23. The molecule has 0 spiro atoms. The van der Waals surface area contributed by atoms with Crippen molar-refractivity contribution in [3.63, 3.8) is 0 Å². The lowest BCUT2D eigenvalue weighted by atomic mass is 10.2. The molecule has 1 heterocycles. The summed E-state index contributed by atoms with van der Waals surface area (Å²) in [5.41, 5.74) is 0. The molecule has 1 N–H and O–H groups in total. The second-order valence-corrected chi connectivity index (χ2v) is 7.11. The van der Waals surface area contributed by atoms with Crippen molar-refractivity contribution in [3.05, 3.63) is 51.7 Å². The van der Waals surface area contributed by atoms with Gasteiger partial charge in [0.15, 0.2) is 0 Å². The molecule has 0 aliphatic heterocycles. The number of halogens is 1. The van der Waals surface area contributed by atoms with Crippen molar-refractivity contribution < 1.29 is 0 Å². The van der Waals surface area contributed by atoms with Crippen LogP contribution in [0.2, 0.25) is 4.34 Å². The van der Waals surface area contributed by atoms with E-state index >= 15 is 0 Å². The Kier molecular flexibility index (Phi) is 6.24. The molecule has 0 amide bonds. The van der Waals surface area contributed by atoms with Crippen LogP contribution in [0.3, 0.4) is 0 Å². The molecule has 0 bridgehead atoms. The molecule has 1 aromatic carbocycles. The van der Waals surface area contributed by atoms with E-state index in [1.807, 2.05) is 17.8 Å². The highest BCUT2D eigenvalue weighted by atomic mass is 35.5. The summed E-state index contributed by atoms with van der Waals surface area (Å²) in [6.45, 7) is 3.23. The average molecular weight is 312 g/mol. The smallest absolute Gasteiger partial charge is 0.0931 e. The first-order valence-electron chi connectivity index (χ1n) is 6.46. The van der Waals surface area contributed by atoms with E-state index < -0.39 is 0 Å². The van der Waals surface area contributed by atoms with E-state index in [1.165, 1.54) is 9.77 Å². The molecule has 4 heteroatoms. The van der Waals surface area contributed by atoms with Crippen molar-refractivity contribution in [3.8, 4) is 0 Å². The maximum absolute atomic E-state index is 6.04. The molecule has 0 radical (unpaired) electrons. The zero-order chi connectivity index (χ0) is 13.5. The highest BCUT2D eigenvalue weighted by Gasteiger charge is 2.13. The predicted molar refractivity (Wildman–Crippen MR) is 87.5 cm³/mol. The molecule has 1 unspecified atom stereocenters. The third kappa shape index (κ3) is 4.84. The topological polar surface area (TPSA) is 12.0 Å². The van der Waals surface area contributed by atoms with Crippen LogP contribution in [0.15, 0.2) is 47.4 Å². The van der Waals surface area contributed by atoms with Crippen LogP contribution in [0.4, 0.5) is 0 Å². The normalized spacial score (nSPS) is 12.5. The molecule has 2 rings (SSSR count). The fourth-order valence-electron chi connectivity index (χ4n) is 1.77. The number of nitrogens with one attached hydrogen (secondary N) is 1. The van der Waals surface area contributed by atoms with E-state index in [2.05, 4.69) is 48.6 Å². The van der Waals surface area contributed by atoms with E-state index in [0.29, 0.717) is 6.04 Å². The Morgan fingerprint density at radius 1 is 1.21 bits per heavy atom. The molecule has 0 saturated heterocycles. The third-order valence-corrected chi connectivity index (χ3v) is 5.19. The van der Waals surface area contributed by atoms with Crippen molar-refractivity contribution in [2.45, 2.75) is 24.3 Å². The number of benzene rings is 1. The van der Waals surface area contributed by atoms with Gasteiger partial charge >= 0.3 is 0 Å². The standard InChI is InChI=1S/C15H18ClNS2/c1-2-10-17-13(14-8-9-15(16)19-14)11-18-12-6-4-3-5-7-12/h3-9,13,17H,2,10-11H2,1H3. The average Bonchev–Trinajstić information content (AvgIpc) is 2.86. The van der Waals surface area contributed by atoms with Crippen LogP contribution >= 0.6 is 34.7 Å². The van der Waals surface area contributed by atoms with E-state index in [0.717, 1.165) is 23.1 Å². The monoisotopic (exact) mass is 311 g/mol. The molecule has 1 atom stereocenters. The summed E-state index contributed by atoms with van der Waals surface area (Å²) in [6, 6.07) is 15.0. The molecule has 1 nitrogen and oxygen atoms in total. The minimum atomic E-state index is 0.377. The first-order valence-corrected chi connectivity index (χ1v) is 8.64. The summed E-state index contributed by atoms with van der Waals surface area (Å²) in [5.74, 6) is 1.03. The van der Waals surface area contributed by atoms with Gasteiger partial charge in [0.25, 0.3) is 0 Å². The molecule has 2 aromatic rings. The summed E-state index contributed by atoms with van der Waals surface area (Å²) in [5, 5.41) is 3.60. The van der Waals surface area contributed by atoms with Gasteiger partial charge in [0.05, 0.1) is 10.4 Å². The van der Waals surface area contributed by atoms with E-state index in [4.69, 9.17) is 11.6 Å². The molecule has 0 aliphatic rings. The Morgan fingerprint density at radius 3 is 2.63 bits per heavy atom. The molecule has 102 valence electrons. The van der Waals surface area contributed by atoms with Crippen LogP contribution in [0.25, 0.3) is 0 Å². The van der Waals surface area contributed by atoms with Crippen molar-refractivity contribution in [2.24, 2.45) is 0 Å². The van der Waals surface area contributed by atoms with Gasteiger partial charge in [-0.15, -0.1) is 23.1 Å². The molecular formula is C15H18ClNS2. The van der Waals surface area contributed by atoms with E-state index in [-0.39, 0.29) is 0 Å². The molecule has 0 saturated carbocycles. The first-order chi connectivity index (χ1) is 9.29. The summed E-state index contributed by atoms with van der Waals surface area (Å²) in [6.07, 6.45) is 1.14. The van der Waals surface area contributed by atoms with Gasteiger partial charge in [-0.1, -0.05) is 36.7 Å². The Labute approximate surface area is 128 Å². The molecule has 1 aromatic heterocycles. The SMILES string of the molecule is CCCNC(CSc1ccccc1)c1ccc(Cl)s1. The van der Waals surface area contributed by atoms with E-state index in [1.54, 1.807) is 11.3 Å². The molecule has 19 heavy (non-hydrogen) atoms. The quantitative estimate of drug-likeness (QED) is 0.702. The van der Waals surface area contributed by atoms with Crippen molar-refractivity contribution in [1.82, 2.24) is 5.32 Å². The lowest BCUT2D eigenvalue weighted by molar-refractivity contribution is 0.585. The third-order valence-electron chi connectivity index (χ3n) is 2.74. The highest BCUT2D eigenvalue weighted by Crippen LogP contribution is 2.31.